The Morgan fingerprint density at radius 2 is 1.93 bits per heavy atom. The zero-order chi connectivity index (χ0) is 20.4. The molecule has 1 saturated heterocycles. The number of hydrogen-bond donors (Lipinski definition) is 0. The van der Waals surface area contributed by atoms with Crippen molar-refractivity contribution in [2.45, 2.75) is 0 Å². The number of non-ortho nitro benzene ring substituents is 1. The molecule has 0 atom stereocenters. The van der Waals surface area contributed by atoms with Crippen LogP contribution >= 0.6 is 22.9 Å². The fourth-order valence-electron chi connectivity index (χ4n) is 3.17. The van der Waals surface area contributed by atoms with E-state index in [-0.39, 0.29) is 11.6 Å². The van der Waals surface area contributed by atoms with E-state index in [0.29, 0.717) is 36.8 Å². The average molecular weight is 429 g/mol. The normalized spacial score (nSPS) is 14.7. The smallest absolute Gasteiger partial charge is 0.270 e. The van der Waals surface area contributed by atoms with Gasteiger partial charge in [-0.3, -0.25) is 14.9 Å². The number of benzene rings is 2. The molecular formula is C20H17ClN4O3S. The molecule has 7 nitrogen and oxygen atoms in total. The van der Waals surface area contributed by atoms with Crippen molar-refractivity contribution < 1.29 is 9.72 Å². The molecule has 0 bridgehead atoms. The van der Waals surface area contributed by atoms with Gasteiger partial charge in [-0.25, -0.2) is 4.98 Å². The quantitative estimate of drug-likeness (QED) is 0.353. The van der Waals surface area contributed by atoms with Gasteiger partial charge in [0.2, 0.25) is 5.91 Å². The standard InChI is InChI=1S/C20H17ClN4O3S/c21-16-5-2-6-17-19(16)22-20(29-17)24-11-9-23(10-12-24)18(26)8-7-14-3-1-4-15(13-14)25(27)28/h1-8,13H,9-12H2. The fraction of sp³-hybridized carbons (Fsp3) is 0.200. The molecular weight excluding hydrogens is 412 g/mol. The Morgan fingerprint density at radius 3 is 2.66 bits per heavy atom. The third-order valence-electron chi connectivity index (χ3n) is 4.72. The van der Waals surface area contributed by atoms with Crippen molar-refractivity contribution in [1.82, 2.24) is 9.88 Å². The molecule has 1 fully saturated rings. The minimum absolute atomic E-state index is 0.00384. The largest absolute Gasteiger partial charge is 0.345 e. The van der Waals surface area contributed by atoms with Crippen LogP contribution in [0.3, 0.4) is 0 Å². The summed E-state index contributed by atoms with van der Waals surface area (Å²) < 4.78 is 1.05. The summed E-state index contributed by atoms with van der Waals surface area (Å²) >= 11 is 7.81. The first-order valence-electron chi connectivity index (χ1n) is 9.03. The van der Waals surface area contributed by atoms with Gasteiger partial charge in [-0.15, -0.1) is 0 Å². The number of carbonyl (C=O) groups is 1. The maximum absolute atomic E-state index is 12.5. The molecule has 148 valence electrons. The molecule has 0 radical (unpaired) electrons. The first kappa shape index (κ1) is 19.4. The van der Waals surface area contributed by atoms with Gasteiger partial charge in [0, 0.05) is 44.4 Å². The number of anilines is 1. The Labute approximate surface area is 176 Å². The van der Waals surface area contributed by atoms with Gasteiger partial charge in [0.1, 0.15) is 5.52 Å². The van der Waals surface area contributed by atoms with Crippen LogP contribution in [0.1, 0.15) is 5.56 Å². The minimum Gasteiger partial charge on any atom is -0.345 e. The molecule has 0 spiro atoms. The summed E-state index contributed by atoms with van der Waals surface area (Å²) in [7, 11) is 0. The number of fused-ring (bicyclic) bond motifs is 1. The second-order valence-corrected chi connectivity index (χ2v) is 8.00. The number of para-hydroxylation sites is 1. The maximum atomic E-state index is 12.5. The second-order valence-electron chi connectivity index (χ2n) is 6.58. The van der Waals surface area contributed by atoms with Crippen molar-refractivity contribution in [3.63, 3.8) is 0 Å². The molecule has 4 rings (SSSR count). The average Bonchev–Trinajstić information content (AvgIpc) is 3.18. The first-order valence-corrected chi connectivity index (χ1v) is 10.2. The zero-order valence-electron chi connectivity index (χ0n) is 15.3. The molecule has 9 heteroatoms. The van der Waals surface area contributed by atoms with Crippen LogP contribution in [0.5, 0.6) is 0 Å². The van der Waals surface area contributed by atoms with E-state index in [0.717, 1.165) is 15.3 Å². The van der Waals surface area contributed by atoms with E-state index in [1.54, 1.807) is 34.4 Å². The van der Waals surface area contributed by atoms with Crippen LogP contribution in [0.4, 0.5) is 10.8 Å². The molecule has 2 heterocycles. The lowest BCUT2D eigenvalue weighted by Gasteiger charge is -2.34. The summed E-state index contributed by atoms with van der Waals surface area (Å²) in [5.74, 6) is -0.108. The molecule has 2 aromatic carbocycles. The number of rotatable bonds is 4. The number of amides is 1. The number of carbonyl (C=O) groups excluding carboxylic acids is 1. The summed E-state index contributed by atoms with van der Waals surface area (Å²) in [6.45, 7) is 2.55. The molecule has 0 N–H and O–H groups in total. The monoisotopic (exact) mass is 428 g/mol. The molecule has 0 saturated carbocycles. The number of nitro benzene ring substituents is 1. The highest BCUT2D eigenvalue weighted by Gasteiger charge is 2.22. The van der Waals surface area contributed by atoms with E-state index in [1.165, 1.54) is 18.2 Å². The maximum Gasteiger partial charge on any atom is 0.270 e. The highest BCUT2D eigenvalue weighted by molar-refractivity contribution is 7.22. The van der Waals surface area contributed by atoms with E-state index in [1.807, 2.05) is 18.2 Å². The van der Waals surface area contributed by atoms with Crippen LogP contribution in [0, 0.1) is 10.1 Å². The summed E-state index contributed by atoms with van der Waals surface area (Å²) in [5.41, 5.74) is 1.44. The molecule has 1 aliphatic heterocycles. The Morgan fingerprint density at radius 1 is 1.17 bits per heavy atom. The number of thiazole rings is 1. The SMILES string of the molecule is O=C(C=Cc1cccc([N+](=O)[O-])c1)N1CCN(c2nc3c(Cl)cccc3s2)CC1. The molecule has 1 aliphatic rings. The summed E-state index contributed by atoms with van der Waals surface area (Å²) in [6, 6.07) is 11.9. The second kappa shape index (κ2) is 8.18. The van der Waals surface area contributed by atoms with Crippen LogP contribution in [0.2, 0.25) is 5.02 Å². The van der Waals surface area contributed by atoms with Crippen molar-refractivity contribution in [2.75, 3.05) is 31.1 Å². The molecule has 1 amide bonds. The van der Waals surface area contributed by atoms with Gasteiger partial charge >= 0.3 is 0 Å². The van der Waals surface area contributed by atoms with Gasteiger partial charge in [-0.2, -0.15) is 0 Å². The third-order valence-corrected chi connectivity index (χ3v) is 6.11. The molecule has 1 aromatic heterocycles. The number of aromatic nitrogens is 1. The van der Waals surface area contributed by atoms with Crippen molar-refractivity contribution in [3.8, 4) is 0 Å². The van der Waals surface area contributed by atoms with Gasteiger partial charge in [-0.05, 0) is 23.8 Å². The highest BCUT2D eigenvalue weighted by Crippen LogP contribution is 2.33. The number of halogens is 1. The molecule has 0 unspecified atom stereocenters. The number of hydrogen-bond acceptors (Lipinski definition) is 6. The van der Waals surface area contributed by atoms with E-state index in [2.05, 4.69) is 9.88 Å². The Balaban J connectivity index is 1.38. The van der Waals surface area contributed by atoms with Gasteiger partial charge in [0.25, 0.3) is 5.69 Å². The van der Waals surface area contributed by atoms with Gasteiger partial charge in [-0.1, -0.05) is 41.1 Å². The van der Waals surface area contributed by atoms with Crippen LogP contribution in [0.25, 0.3) is 16.3 Å². The minimum atomic E-state index is -0.451. The summed E-state index contributed by atoms with van der Waals surface area (Å²) in [4.78, 5) is 31.5. The van der Waals surface area contributed by atoms with Gasteiger partial charge in [0.15, 0.2) is 5.13 Å². The Bertz CT molecular complexity index is 1110. The predicted molar refractivity (Wildman–Crippen MR) is 116 cm³/mol. The highest BCUT2D eigenvalue weighted by atomic mass is 35.5. The topological polar surface area (TPSA) is 79.6 Å². The number of nitrogens with zero attached hydrogens (tertiary/aromatic N) is 4. The zero-order valence-corrected chi connectivity index (χ0v) is 16.9. The number of piperazine rings is 1. The van der Waals surface area contributed by atoms with Crippen molar-refractivity contribution >= 4 is 56.0 Å². The first-order chi connectivity index (χ1) is 14.0. The van der Waals surface area contributed by atoms with E-state index < -0.39 is 4.92 Å². The van der Waals surface area contributed by atoms with E-state index >= 15 is 0 Å². The predicted octanol–water partition coefficient (Wildman–Crippen LogP) is 4.22. The lowest BCUT2D eigenvalue weighted by Crippen LogP contribution is -2.48. The lowest BCUT2D eigenvalue weighted by atomic mass is 10.2. The van der Waals surface area contributed by atoms with Crippen LogP contribution in [0.15, 0.2) is 48.5 Å². The van der Waals surface area contributed by atoms with E-state index in [9.17, 15) is 14.9 Å². The molecule has 0 aliphatic carbocycles. The fourth-order valence-corrected chi connectivity index (χ4v) is 4.49. The van der Waals surface area contributed by atoms with Crippen molar-refractivity contribution in [2.24, 2.45) is 0 Å². The van der Waals surface area contributed by atoms with E-state index in [4.69, 9.17) is 11.6 Å². The van der Waals surface area contributed by atoms with Gasteiger partial charge in [0.05, 0.1) is 14.6 Å². The summed E-state index contributed by atoms with van der Waals surface area (Å²) in [5, 5.41) is 12.4. The Hall–Kier alpha value is -2.97. The van der Waals surface area contributed by atoms with Crippen molar-refractivity contribution in [1.29, 1.82) is 0 Å². The lowest BCUT2D eigenvalue weighted by molar-refractivity contribution is -0.384. The number of nitro groups is 1. The van der Waals surface area contributed by atoms with Crippen LogP contribution in [-0.4, -0.2) is 46.9 Å². The third kappa shape index (κ3) is 4.23. The van der Waals surface area contributed by atoms with Gasteiger partial charge < -0.3 is 9.80 Å². The van der Waals surface area contributed by atoms with Crippen LogP contribution in [-0.2, 0) is 4.79 Å². The van der Waals surface area contributed by atoms with Crippen LogP contribution < -0.4 is 4.90 Å². The molecule has 3 aromatic rings. The summed E-state index contributed by atoms with van der Waals surface area (Å²) in [6.07, 6.45) is 3.07. The molecule has 29 heavy (non-hydrogen) atoms. The van der Waals surface area contributed by atoms with Crippen molar-refractivity contribution in [3.05, 3.63) is 69.2 Å². The Kier molecular flexibility index (Phi) is 5.46.